The summed E-state index contributed by atoms with van der Waals surface area (Å²) in [4.78, 5) is 12.1. The van der Waals surface area contributed by atoms with Crippen molar-refractivity contribution in [2.45, 2.75) is 32.6 Å². The molecule has 0 saturated carbocycles. The number of benzene rings is 2. The Hall–Kier alpha value is -2.29. The monoisotopic (exact) mass is 309 g/mol. The molecule has 0 spiro atoms. The second kappa shape index (κ2) is 7.32. The average Bonchev–Trinajstić information content (AvgIpc) is 3.01. The van der Waals surface area contributed by atoms with E-state index in [-0.39, 0.29) is 5.91 Å². The van der Waals surface area contributed by atoms with Crippen molar-refractivity contribution >= 4 is 11.6 Å². The largest absolute Gasteiger partial charge is 0.493 e. The van der Waals surface area contributed by atoms with Gasteiger partial charge < -0.3 is 10.1 Å². The lowest BCUT2D eigenvalue weighted by molar-refractivity contribution is -0.117. The minimum absolute atomic E-state index is 0.0842. The summed E-state index contributed by atoms with van der Waals surface area (Å²) in [5.41, 5.74) is 3.46. The molecule has 1 aliphatic heterocycles. The average molecular weight is 309 g/mol. The van der Waals surface area contributed by atoms with Gasteiger partial charge in [-0.05, 0) is 48.1 Å². The molecule has 0 aromatic heterocycles. The third-order valence-corrected chi connectivity index (χ3v) is 4.28. The molecule has 1 heterocycles. The van der Waals surface area contributed by atoms with Crippen LogP contribution in [0.25, 0.3) is 0 Å². The molecule has 3 rings (SSSR count). The highest BCUT2D eigenvalue weighted by Crippen LogP contribution is 2.27. The van der Waals surface area contributed by atoms with Crippen molar-refractivity contribution in [2.75, 3.05) is 11.9 Å². The van der Waals surface area contributed by atoms with Crippen LogP contribution >= 0.6 is 0 Å². The lowest BCUT2D eigenvalue weighted by atomic mass is 9.97. The smallest absolute Gasteiger partial charge is 0.224 e. The Balaban J connectivity index is 1.46. The van der Waals surface area contributed by atoms with E-state index in [2.05, 4.69) is 30.4 Å². The highest BCUT2D eigenvalue weighted by Gasteiger charge is 2.13. The van der Waals surface area contributed by atoms with Gasteiger partial charge in [-0.2, -0.15) is 0 Å². The molecule has 0 bridgehead atoms. The van der Waals surface area contributed by atoms with Gasteiger partial charge in [-0.3, -0.25) is 4.79 Å². The number of hydrogen-bond acceptors (Lipinski definition) is 2. The molecule has 0 saturated heterocycles. The number of anilines is 1. The number of fused-ring (bicyclic) bond motifs is 1. The summed E-state index contributed by atoms with van der Waals surface area (Å²) in [6.45, 7) is 2.93. The summed E-state index contributed by atoms with van der Waals surface area (Å²) in [5, 5.41) is 2.95. The molecule has 23 heavy (non-hydrogen) atoms. The summed E-state index contributed by atoms with van der Waals surface area (Å²) in [6, 6.07) is 16.1. The van der Waals surface area contributed by atoms with E-state index in [0.717, 1.165) is 37.3 Å². The van der Waals surface area contributed by atoms with Crippen molar-refractivity contribution in [3.8, 4) is 5.75 Å². The van der Waals surface area contributed by atoms with Gasteiger partial charge in [-0.15, -0.1) is 0 Å². The quantitative estimate of drug-likeness (QED) is 0.867. The molecule has 1 aliphatic rings. The fraction of sp³-hybridized carbons (Fsp3) is 0.350. The van der Waals surface area contributed by atoms with Crippen LogP contribution in [-0.4, -0.2) is 12.5 Å². The number of ether oxygens (including phenoxy) is 1. The molecule has 1 atom stereocenters. The number of rotatable bonds is 6. The first kappa shape index (κ1) is 15.6. The van der Waals surface area contributed by atoms with Gasteiger partial charge in [0.25, 0.3) is 0 Å². The van der Waals surface area contributed by atoms with E-state index < -0.39 is 0 Å². The van der Waals surface area contributed by atoms with Crippen molar-refractivity contribution in [1.82, 2.24) is 0 Å². The first-order valence-corrected chi connectivity index (χ1v) is 8.30. The number of hydrogen-bond donors (Lipinski definition) is 1. The van der Waals surface area contributed by atoms with Crippen LogP contribution in [0.15, 0.2) is 48.5 Å². The summed E-state index contributed by atoms with van der Waals surface area (Å²) in [7, 11) is 0. The number of carbonyl (C=O) groups is 1. The Kier molecular flexibility index (Phi) is 4.96. The lowest BCUT2D eigenvalue weighted by Gasteiger charge is -2.12. The fourth-order valence-electron chi connectivity index (χ4n) is 2.93. The maximum atomic E-state index is 12.1. The Morgan fingerprint density at radius 3 is 2.87 bits per heavy atom. The summed E-state index contributed by atoms with van der Waals surface area (Å²) >= 11 is 0. The highest BCUT2D eigenvalue weighted by atomic mass is 16.5. The number of para-hydroxylation sites is 1. The van der Waals surface area contributed by atoms with Gasteiger partial charge >= 0.3 is 0 Å². The van der Waals surface area contributed by atoms with Gasteiger partial charge in [-0.25, -0.2) is 0 Å². The highest BCUT2D eigenvalue weighted by molar-refractivity contribution is 5.90. The number of carbonyl (C=O) groups excluding carboxylic acids is 1. The van der Waals surface area contributed by atoms with Gasteiger partial charge in [0, 0.05) is 18.5 Å². The Morgan fingerprint density at radius 2 is 2.04 bits per heavy atom. The normalized spacial score (nSPS) is 14.0. The lowest BCUT2D eigenvalue weighted by Crippen LogP contribution is -2.15. The zero-order chi connectivity index (χ0) is 16.1. The van der Waals surface area contributed by atoms with Crippen LogP contribution in [0.4, 0.5) is 5.69 Å². The standard InChI is InChI=1S/C20H23NO2/c1-15(13-20(22)21-18-5-3-2-4-6-18)7-8-16-9-10-17-11-12-23-19(17)14-16/h2-6,9-10,14-15H,7-8,11-13H2,1H3,(H,21,22)/t15-/m1/s1. The fourth-order valence-corrected chi connectivity index (χ4v) is 2.93. The van der Waals surface area contributed by atoms with Crippen LogP contribution in [0.5, 0.6) is 5.75 Å². The third-order valence-electron chi connectivity index (χ3n) is 4.28. The van der Waals surface area contributed by atoms with E-state index in [1.165, 1.54) is 11.1 Å². The molecule has 0 fully saturated rings. The second-order valence-corrected chi connectivity index (χ2v) is 6.30. The molecular formula is C20H23NO2. The Labute approximate surface area is 137 Å². The van der Waals surface area contributed by atoms with Crippen LogP contribution in [-0.2, 0) is 17.6 Å². The van der Waals surface area contributed by atoms with E-state index in [0.29, 0.717) is 12.3 Å². The predicted octanol–water partition coefficient (Wildman–Crippen LogP) is 4.22. The SMILES string of the molecule is C[C@H](CCc1ccc2c(c1)OCC2)CC(=O)Nc1ccccc1. The van der Waals surface area contributed by atoms with E-state index in [9.17, 15) is 4.79 Å². The molecule has 2 aromatic carbocycles. The van der Waals surface area contributed by atoms with Crippen molar-refractivity contribution in [1.29, 1.82) is 0 Å². The van der Waals surface area contributed by atoms with Gasteiger partial charge in [-0.1, -0.05) is 37.3 Å². The van der Waals surface area contributed by atoms with Gasteiger partial charge in [0.05, 0.1) is 6.61 Å². The number of nitrogens with one attached hydrogen (secondary N) is 1. The van der Waals surface area contributed by atoms with Crippen LogP contribution in [0.3, 0.4) is 0 Å². The van der Waals surface area contributed by atoms with Crippen LogP contribution < -0.4 is 10.1 Å². The molecular weight excluding hydrogens is 286 g/mol. The topological polar surface area (TPSA) is 38.3 Å². The van der Waals surface area contributed by atoms with Crippen molar-refractivity contribution < 1.29 is 9.53 Å². The summed E-state index contributed by atoms with van der Waals surface area (Å²) in [5.74, 6) is 1.48. The second-order valence-electron chi connectivity index (χ2n) is 6.30. The number of aryl methyl sites for hydroxylation is 1. The predicted molar refractivity (Wildman–Crippen MR) is 92.8 cm³/mol. The van der Waals surface area contributed by atoms with Gasteiger partial charge in [0.15, 0.2) is 0 Å². The van der Waals surface area contributed by atoms with E-state index in [4.69, 9.17) is 4.74 Å². The molecule has 1 amide bonds. The van der Waals surface area contributed by atoms with Gasteiger partial charge in [0.2, 0.25) is 5.91 Å². The first-order chi connectivity index (χ1) is 11.2. The molecule has 0 radical (unpaired) electrons. The zero-order valence-corrected chi connectivity index (χ0v) is 13.5. The summed E-state index contributed by atoms with van der Waals surface area (Å²) < 4.78 is 5.61. The molecule has 120 valence electrons. The van der Waals surface area contributed by atoms with Crippen LogP contribution in [0, 0.1) is 5.92 Å². The van der Waals surface area contributed by atoms with Crippen molar-refractivity contribution in [3.05, 3.63) is 59.7 Å². The first-order valence-electron chi connectivity index (χ1n) is 8.30. The maximum Gasteiger partial charge on any atom is 0.224 e. The Bertz CT molecular complexity index is 667. The van der Waals surface area contributed by atoms with Gasteiger partial charge in [0.1, 0.15) is 5.75 Å². The zero-order valence-electron chi connectivity index (χ0n) is 13.5. The van der Waals surface area contributed by atoms with E-state index in [1.807, 2.05) is 30.3 Å². The van der Waals surface area contributed by atoms with Crippen molar-refractivity contribution in [3.63, 3.8) is 0 Å². The van der Waals surface area contributed by atoms with E-state index >= 15 is 0 Å². The third kappa shape index (κ3) is 4.35. The van der Waals surface area contributed by atoms with Crippen LogP contribution in [0.1, 0.15) is 30.9 Å². The maximum absolute atomic E-state index is 12.1. The molecule has 0 unspecified atom stereocenters. The van der Waals surface area contributed by atoms with E-state index in [1.54, 1.807) is 0 Å². The molecule has 3 nitrogen and oxygen atoms in total. The molecule has 1 N–H and O–H groups in total. The molecule has 2 aromatic rings. The number of amides is 1. The minimum Gasteiger partial charge on any atom is -0.493 e. The van der Waals surface area contributed by atoms with Crippen LogP contribution in [0.2, 0.25) is 0 Å². The Morgan fingerprint density at radius 1 is 1.22 bits per heavy atom. The minimum atomic E-state index is 0.0842. The molecule has 0 aliphatic carbocycles. The van der Waals surface area contributed by atoms with Crippen molar-refractivity contribution in [2.24, 2.45) is 5.92 Å². The summed E-state index contributed by atoms with van der Waals surface area (Å²) in [6.07, 6.45) is 3.55. The molecule has 3 heteroatoms.